The maximum absolute atomic E-state index is 12.8. The Morgan fingerprint density at radius 1 is 1.00 bits per heavy atom. The molecule has 4 nitrogen and oxygen atoms in total. The van der Waals surface area contributed by atoms with E-state index in [2.05, 4.69) is 0 Å². The van der Waals surface area contributed by atoms with Crippen LogP contribution < -0.4 is 4.74 Å². The van der Waals surface area contributed by atoms with Crippen LogP contribution in [0.15, 0.2) is 59.6 Å². The van der Waals surface area contributed by atoms with Crippen molar-refractivity contribution in [3.05, 3.63) is 60.3 Å². The molecule has 0 amide bonds. The molecule has 0 atom stereocenters. The number of ether oxygens (including phenoxy) is 1. The molecule has 0 spiro atoms. The molecule has 0 radical (unpaired) electrons. The van der Waals surface area contributed by atoms with Gasteiger partial charge in [0.15, 0.2) is 0 Å². The minimum atomic E-state index is -3.63. The normalized spacial score (nSPS) is 11.7. The van der Waals surface area contributed by atoms with Gasteiger partial charge in [-0.15, -0.1) is 0 Å². The molecule has 0 fully saturated rings. The summed E-state index contributed by atoms with van der Waals surface area (Å²) in [5.41, 5.74) is 1.62. The number of rotatable bonds is 3. The first-order chi connectivity index (χ1) is 10.0. The third kappa shape index (κ3) is 2.19. The summed E-state index contributed by atoms with van der Waals surface area (Å²) in [6, 6.07) is 14.1. The third-order valence-electron chi connectivity index (χ3n) is 3.44. The van der Waals surface area contributed by atoms with Crippen LogP contribution in [0.25, 0.3) is 10.9 Å². The molecule has 0 N–H and O–H groups in total. The van der Waals surface area contributed by atoms with Crippen LogP contribution in [0.3, 0.4) is 0 Å². The molecule has 2 aromatic carbocycles. The number of hydrogen-bond acceptors (Lipinski definition) is 3. The zero-order valence-electron chi connectivity index (χ0n) is 11.8. The van der Waals surface area contributed by atoms with Crippen LogP contribution in [0.4, 0.5) is 0 Å². The molecule has 0 saturated heterocycles. The fraction of sp³-hybridized carbons (Fsp3) is 0.125. The zero-order chi connectivity index (χ0) is 15.0. The van der Waals surface area contributed by atoms with E-state index in [0.29, 0.717) is 11.3 Å². The van der Waals surface area contributed by atoms with Crippen molar-refractivity contribution in [2.75, 3.05) is 7.11 Å². The molecule has 0 aliphatic carbocycles. The summed E-state index contributed by atoms with van der Waals surface area (Å²) in [7, 11) is -2.10. The highest BCUT2D eigenvalue weighted by Crippen LogP contribution is 2.30. The van der Waals surface area contributed by atoms with Gasteiger partial charge in [0.2, 0.25) is 0 Å². The average Bonchev–Trinajstić information content (AvgIpc) is 2.87. The van der Waals surface area contributed by atoms with Crippen molar-refractivity contribution >= 4 is 20.9 Å². The van der Waals surface area contributed by atoms with Crippen LogP contribution >= 0.6 is 0 Å². The average molecular weight is 301 g/mol. The molecule has 3 rings (SSSR count). The molecule has 0 saturated carbocycles. The molecule has 108 valence electrons. The van der Waals surface area contributed by atoms with Crippen LogP contribution in [0.5, 0.6) is 5.75 Å². The van der Waals surface area contributed by atoms with Crippen LogP contribution in [-0.4, -0.2) is 19.5 Å². The summed E-state index contributed by atoms with van der Waals surface area (Å²) in [6.07, 6.45) is 1.51. The Morgan fingerprint density at radius 3 is 2.33 bits per heavy atom. The monoisotopic (exact) mass is 301 g/mol. The predicted molar refractivity (Wildman–Crippen MR) is 82.3 cm³/mol. The Bertz CT molecular complexity index is 893. The van der Waals surface area contributed by atoms with Crippen molar-refractivity contribution in [1.82, 2.24) is 3.97 Å². The summed E-state index contributed by atoms with van der Waals surface area (Å²) < 4.78 is 32.1. The second-order valence-electron chi connectivity index (χ2n) is 4.83. The number of methoxy groups -OCH3 is 1. The minimum absolute atomic E-state index is 0.261. The first kappa shape index (κ1) is 13.7. The first-order valence-electron chi connectivity index (χ1n) is 6.50. The number of nitrogens with zero attached hydrogens (tertiary/aromatic N) is 1. The minimum Gasteiger partial charge on any atom is -0.494 e. The number of benzene rings is 2. The number of aromatic nitrogens is 1. The van der Waals surface area contributed by atoms with Crippen molar-refractivity contribution in [1.29, 1.82) is 0 Å². The van der Waals surface area contributed by atoms with E-state index in [1.807, 2.05) is 25.1 Å². The Balaban J connectivity index is 2.26. The maximum Gasteiger partial charge on any atom is 0.268 e. The lowest BCUT2D eigenvalue weighted by Crippen LogP contribution is -2.11. The van der Waals surface area contributed by atoms with Crippen molar-refractivity contribution in [3.8, 4) is 5.75 Å². The second kappa shape index (κ2) is 4.93. The smallest absolute Gasteiger partial charge is 0.268 e. The Hall–Kier alpha value is -2.27. The van der Waals surface area contributed by atoms with E-state index in [4.69, 9.17) is 4.74 Å². The van der Waals surface area contributed by atoms with Gasteiger partial charge in [-0.3, -0.25) is 0 Å². The lowest BCUT2D eigenvalue weighted by Gasteiger charge is -2.07. The van der Waals surface area contributed by atoms with Crippen LogP contribution in [-0.2, 0) is 10.0 Å². The molecular formula is C16H15NO3S. The molecular weight excluding hydrogens is 286 g/mol. The van der Waals surface area contributed by atoms with E-state index in [-0.39, 0.29) is 4.90 Å². The van der Waals surface area contributed by atoms with Gasteiger partial charge in [0.1, 0.15) is 5.75 Å². The van der Waals surface area contributed by atoms with Gasteiger partial charge in [-0.2, -0.15) is 0 Å². The lowest BCUT2D eigenvalue weighted by molar-refractivity contribution is 0.419. The molecule has 5 heteroatoms. The second-order valence-corrected chi connectivity index (χ2v) is 6.64. The fourth-order valence-corrected chi connectivity index (χ4v) is 3.66. The first-order valence-corrected chi connectivity index (χ1v) is 7.94. The molecule has 21 heavy (non-hydrogen) atoms. The van der Waals surface area contributed by atoms with Gasteiger partial charge in [-0.25, -0.2) is 12.4 Å². The molecule has 1 aromatic heterocycles. The van der Waals surface area contributed by atoms with Gasteiger partial charge in [0.05, 0.1) is 23.7 Å². The standard InChI is InChI=1S/C16H15NO3S/c1-12-7-9-13(10-8-12)21(18,19)17-11-16(20-2)14-5-3-4-6-15(14)17/h3-11H,1-2H3. The SMILES string of the molecule is COc1cn(S(=O)(=O)c2ccc(C)cc2)c2ccccc12. The van der Waals surface area contributed by atoms with Gasteiger partial charge in [0, 0.05) is 5.39 Å². The fourth-order valence-electron chi connectivity index (χ4n) is 2.31. The van der Waals surface area contributed by atoms with Crippen molar-refractivity contribution in [2.24, 2.45) is 0 Å². The number of para-hydroxylation sites is 1. The van der Waals surface area contributed by atoms with Gasteiger partial charge < -0.3 is 4.74 Å². The van der Waals surface area contributed by atoms with Gasteiger partial charge >= 0.3 is 0 Å². The van der Waals surface area contributed by atoms with Crippen LogP contribution in [0, 0.1) is 6.92 Å². The summed E-state index contributed by atoms with van der Waals surface area (Å²) in [6.45, 7) is 1.92. The zero-order valence-corrected chi connectivity index (χ0v) is 12.6. The molecule has 0 aliphatic rings. The Kier molecular flexibility index (Phi) is 3.22. The van der Waals surface area contributed by atoms with Crippen molar-refractivity contribution in [3.63, 3.8) is 0 Å². The molecule has 0 aliphatic heterocycles. The summed E-state index contributed by atoms with van der Waals surface area (Å²) in [5.74, 6) is 0.543. The highest BCUT2D eigenvalue weighted by Gasteiger charge is 2.21. The molecule has 3 aromatic rings. The van der Waals surface area contributed by atoms with Crippen LogP contribution in [0.1, 0.15) is 5.56 Å². The predicted octanol–water partition coefficient (Wildman–Crippen LogP) is 3.20. The quantitative estimate of drug-likeness (QED) is 0.746. The van der Waals surface area contributed by atoms with E-state index in [1.54, 1.807) is 30.3 Å². The van der Waals surface area contributed by atoms with Crippen LogP contribution in [0.2, 0.25) is 0 Å². The van der Waals surface area contributed by atoms with E-state index in [1.165, 1.54) is 17.3 Å². The Morgan fingerprint density at radius 2 is 1.67 bits per heavy atom. The number of fused-ring (bicyclic) bond motifs is 1. The topological polar surface area (TPSA) is 48.3 Å². The number of aryl methyl sites for hydroxylation is 1. The largest absolute Gasteiger partial charge is 0.494 e. The molecule has 0 bridgehead atoms. The van der Waals surface area contributed by atoms with Crippen molar-refractivity contribution in [2.45, 2.75) is 11.8 Å². The Labute approximate surface area is 123 Å². The highest BCUT2D eigenvalue weighted by molar-refractivity contribution is 7.90. The van der Waals surface area contributed by atoms with E-state index < -0.39 is 10.0 Å². The summed E-state index contributed by atoms with van der Waals surface area (Å²) >= 11 is 0. The van der Waals surface area contributed by atoms with E-state index in [9.17, 15) is 8.42 Å². The maximum atomic E-state index is 12.8. The summed E-state index contributed by atoms with van der Waals surface area (Å²) in [5, 5.41) is 0.774. The van der Waals surface area contributed by atoms with Gasteiger partial charge in [-0.1, -0.05) is 29.8 Å². The lowest BCUT2D eigenvalue weighted by atomic mass is 10.2. The van der Waals surface area contributed by atoms with Gasteiger partial charge in [0.25, 0.3) is 10.0 Å². The molecule has 0 unspecified atom stereocenters. The molecule has 1 heterocycles. The van der Waals surface area contributed by atoms with Crippen molar-refractivity contribution < 1.29 is 13.2 Å². The number of hydrogen-bond donors (Lipinski definition) is 0. The van der Waals surface area contributed by atoms with Gasteiger partial charge in [-0.05, 0) is 31.2 Å². The van der Waals surface area contributed by atoms with E-state index >= 15 is 0 Å². The highest BCUT2D eigenvalue weighted by atomic mass is 32.2. The third-order valence-corrected chi connectivity index (χ3v) is 5.13. The summed E-state index contributed by atoms with van der Waals surface area (Å²) in [4.78, 5) is 0.261. The van der Waals surface area contributed by atoms with E-state index in [0.717, 1.165) is 10.9 Å².